The first-order chi connectivity index (χ1) is 6.18. The maximum absolute atomic E-state index is 12.5. The second-order valence-corrected chi connectivity index (χ2v) is 3.64. The highest BCUT2D eigenvalue weighted by atomic mass is 19.1. The Labute approximate surface area is 79.8 Å². The highest BCUT2D eigenvalue weighted by Crippen LogP contribution is 2.09. The van der Waals surface area contributed by atoms with Gasteiger partial charge in [0.05, 0.1) is 0 Å². The SMILES string of the molecule is CC(C)[CH]CCc1ccc(F)cc1. The largest absolute Gasteiger partial charge is 0.207 e. The molecular formula is C12H16F. The molecule has 1 rings (SSSR count). The normalized spacial score (nSPS) is 10.8. The molecule has 0 amide bonds. The monoisotopic (exact) mass is 179 g/mol. The van der Waals surface area contributed by atoms with Gasteiger partial charge in [0.25, 0.3) is 0 Å². The summed E-state index contributed by atoms with van der Waals surface area (Å²) in [4.78, 5) is 0. The fraction of sp³-hybridized carbons (Fsp3) is 0.417. The van der Waals surface area contributed by atoms with Crippen LogP contribution in [0.5, 0.6) is 0 Å². The van der Waals surface area contributed by atoms with Gasteiger partial charge in [0.15, 0.2) is 0 Å². The zero-order chi connectivity index (χ0) is 9.68. The summed E-state index contributed by atoms with van der Waals surface area (Å²) >= 11 is 0. The number of rotatable bonds is 4. The van der Waals surface area contributed by atoms with E-state index in [4.69, 9.17) is 0 Å². The van der Waals surface area contributed by atoms with E-state index in [1.807, 2.05) is 12.1 Å². The Balaban J connectivity index is 2.33. The lowest BCUT2D eigenvalue weighted by Crippen LogP contribution is -1.91. The van der Waals surface area contributed by atoms with Gasteiger partial charge in [-0.2, -0.15) is 0 Å². The van der Waals surface area contributed by atoms with Crippen LogP contribution in [0, 0.1) is 18.2 Å². The smallest absolute Gasteiger partial charge is 0.123 e. The van der Waals surface area contributed by atoms with Crippen LogP contribution >= 0.6 is 0 Å². The van der Waals surface area contributed by atoms with Gasteiger partial charge in [0.2, 0.25) is 0 Å². The Morgan fingerprint density at radius 2 is 1.85 bits per heavy atom. The van der Waals surface area contributed by atoms with Crippen LogP contribution in [0.3, 0.4) is 0 Å². The quantitative estimate of drug-likeness (QED) is 0.662. The first-order valence-electron chi connectivity index (χ1n) is 4.76. The van der Waals surface area contributed by atoms with Gasteiger partial charge in [-0.25, -0.2) is 4.39 Å². The minimum absolute atomic E-state index is 0.156. The molecule has 0 aromatic heterocycles. The van der Waals surface area contributed by atoms with Crippen LogP contribution < -0.4 is 0 Å². The molecule has 0 nitrogen and oxygen atoms in total. The predicted molar refractivity (Wildman–Crippen MR) is 53.9 cm³/mol. The van der Waals surface area contributed by atoms with Crippen LogP contribution in [-0.4, -0.2) is 0 Å². The van der Waals surface area contributed by atoms with Crippen molar-refractivity contribution in [2.75, 3.05) is 0 Å². The molecular weight excluding hydrogens is 163 g/mol. The molecule has 1 aromatic rings. The third-order valence-corrected chi connectivity index (χ3v) is 1.98. The van der Waals surface area contributed by atoms with Crippen LogP contribution in [0.4, 0.5) is 4.39 Å². The Morgan fingerprint density at radius 3 is 2.38 bits per heavy atom. The van der Waals surface area contributed by atoms with Crippen LogP contribution in [0.2, 0.25) is 0 Å². The molecule has 1 aromatic carbocycles. The van der Waals surface area contributed by atoms with Gasteiger partial charge in [0, 0.05) is 0 Å². The van der Waals surface area contributed by atoms with Crippen molar-refractivity contribution >= 4 is 0 Å². The third kappa shape index (κ3) is 4.07. The predicted octanol–water partition coefficient (Wildman–Crippen LogP) is 3.62. The first-order valence-corrected chi connectivity index (χ1v) is 4.76. The van der Waals surface area contributed by atoms with Gasteiger partial charge in [-0.15, -0.1) is 0 Å². The Hall–Kier alpha value is -0.850. The highest BCUT2D eigenvalue weighted by Gasteiger charge is 1.96. The van der Waals surface area contributed by atoms with Crippen molar-refractivity contribution in [2.45, 2.75) is 26.7 Å². The molecule has 0 N–H and O–H groups in total. The molecule has 0 spiro atoms. The molecule has 0 heterocycles. The molecule has 0 unspecified atom stereocenters. The lowest BCUT2D eigenvalue weighted by atomic mass is 10.0. The minimum Gasteiger partial charge on any atom is -0.207 e. The van der Waals surface area contributed by atoms with E-state index in [1.54, 1.807) is 0 Å². The molecule has 1 radical (unpaired) electrons. The molecule has 0 atom stereocenters. The summed E-state index contributed by atoms with van der Waals surface area (Å²) in [6, 6.07) is 6.74. The molecule has 1 heteroatoms. The van der Waals surface area contributed by atoms with Crippen molar-refractivity contribution in [3.63, 3.8) is 0 Å². The molecule has 0 aliphatic heterocycles. The molecule has 71 valence electrons. The van der Waals surface area contributed by atoms with Crippen molar-refractivity contribution in [3.8, 4) is 0 Å². The van der Waals surface area contributed by atoms with E-state index in [9.17, 15) is 4.39 Å². The molecule has 0 aliphatic carbocycles. The summed E-state index contributed by atoms with van der Waals surface area (Å²) in [6.45, 7) is 4.34. The molecule has 0 aliphatic rings. The van der Waals surface area contributed by atoms with E-state index in [0.29, 0.717) is 5.92 Å². The van der Waals surface area contributed by atoms with Crippen LogP contribution in [0.25, 0.3) is 0 Å². The van der Waals surface area contributed by atoms with Crippen molar-refractivity contribution in [3.05, 3.63) is 42.1 Å². The van der Waals surface area contributed by atoms with E-state index >= 15 is 0 Å². The summed E-state index contributed by atoms with van der Waals surface area (Å²) in [5.74, 6) is 0.483. The average Bonchev–Trinajstić information content (AvgIpc) is 2.08. The van der Waals surface area contributed by atoms with Crippen molar-refractivity contribution in [1.82, 2.24) is 0 Å². The van der Waals surface area contributed by atoms with E-state index in [0.717, 1.165) is 12.8 Å². The summed E-state index contributed by atoms with van der Waals surface area (Å²) < 4.78 is 12.5. The van der Waals surface area contributed by atoms with Gasteiger partial charge in [0.1, 0.15) is 5.82 Å². The molecule has 0 fully saturated rings. The maximum Gasteiger partial charge on any atom is 0.123 e. The van der Waals surface area contributed by atoms with Gasteiger partial charge in [-0.3, -0.25) is 0 Å². The van der Waals surface area contributed by atoms with Gasteiger partial charge < -0.3 is 0 Å². The molecule has 0 saturated carbocycles. The van der Waals surface area contributed by atoms with Crippen LogP contribution in [-0.2, 0) is 6.42 Å². The van der Waals surface area contributed by atoms with Gasteiger partial charge in [-0.05, 0) is 42.9 Å². The lowest BCUT2D eigenvalue weighted by Gasteiger charge is -2.03. The maximum atomic E-state index is 12.5. The van der Waals surface area contributed by atoms with E-state index in [-0.39, 0.29) is 5.82 Å². The van der Waals surface area contributed by atoms with Crippen LogP contribution in [0.15, 0.2) is 24.3 Å². The number of halogens is 1. The zero-order valence-corrected chi connectivity index (χ0v) is 8.26. The number of benzene rings is 1. The summed E-state index contributed by atoms with van der Waals surface area (Å²) in [7, 11) is 0. The van der Waals surface area contributed by atoms with Crippen LogP contribution in [0.1, 0.15) is 25.8 Å². The summed E-state index contributed by atoms with van der Waals surface area (Å²) in [5.41, 5.74) is 1.21. The molecule has 0 saturated heterocycles. The van der Waals surface area contributed by atoms with Gasteiger partial charge in [-0.1, -0.05) is 26.0 Å². The van der Waals surface area contributed by atoms with Crippen molar-refractivity contribution in [1.29, 1.82) is 0 Å². The fourth-order valence-corrected chi connectivity index (χ4v) is 1.23. The Kier molecular flexibility index (Phi) is 3.94. The average molecular weight is 179 g/mol. The topological polar surface area (TPSA) is 0 Å². The Bertz CT molecular complexity index is 236. The molecule has 13 heavy (non-hydrogen) atoms. The van der Waals surface area contributed by atoms with Crippen molar-refractivity contribution in [2.24, 2.45) is 5.92 Å². The fourth-order valence-electron chi connectivity index (χ4n) is 1.23. The highest BCUT2D eigenvalue weighted by molar-refractivity contribution is 5.16. The second-order valence-electron chi connectivity index (χ2n) is 3.64. The number of aryl methyl sites for hydroxylation is 1. The van der Waals surface area contributed by atoms with E-state index in [1.165, 1.54) is 17.7 Å². The number of hydrogen-bond donors (Lipinski definition) is 0. The van der Waals surface area contributed by atoms with E-state index in [2.05, 4.69) is 20.3 Å². The standard InChI is InChI=1S/C12H16F/c1-10(2)4-3-5-11-6-8-12(13)9-7-11/h4,6-10H,3,5H2,1-2H3. The minimum atomic E-state index is -0.156. The zero-order valence-electron chi connectivity index (χ0n) is 8.26. The first kappa shape index (κ1) is 10.2. The van der Waals surface area contributed by atoms with Gasteiger partial charge >= 0.3 is 0 Å². The summed E-state index contributed by atoms with van der Waals surface area (Å²) in [6.07, 6.45) is 4.37. The Morgan fingerprint density at radius 1 is 1.23 bits per heavy atom. The summed E-state index contributed by atoms with van der Waals surface area (Å²) in [5, 5.41) is 0. The molecule has 0 bridgehead atoms. The lowest BCUT2D eigenvalue weighted by molar-refractivity contribution is 0.626. The van der Waals surface area contributed by atoms with Crippen molar-refractivity contribution < 1.29 is 4.39 Å². The third-order valence-electron chi connectivity index (χ3n) is 1.98. The second kappa shape index (κ2) is 5.00. The number of hydrogen-bond acceptors (Lipinski definition) is 0. The van der Waals surface area contributed by atoms with E-state index < -0.39 is 0 Å².